The maximum Gasteiger partial charge on any atom is 0.407 e. The van der Waals surface area contributed by atoms with Crippen molar-refractivity contribution in [1.29, 1.82) is 0 Å². The first kappa shape index (κ1) is 37.3. The molecule has 3 fully saturated rings. The lowest BCUT2D eigenvalue weighted by molar-refractivity contribution is -0.139. The highest BCUT2D eigenvalue weighted by atomic mass is 32.2. The Morgan fingerprint density at radius 3 is 2.56 bits per heavy atom. The summed E-state index contributed by atoms with van der Waals surface area (Å²) in [5, 5.41) is 14.8. The van der Waals surface area contributed by atoms with Gasteiger partial charge >= 0.3 is 16.4 Å². The molecule has 5 rings (SSSR count). The molecular weight excluding hydrogens is 666 g/mol. The van der Waals surface area contributed by atoms with E-state index in [1.807, 2.05) is 29.0 Å². The van der Waals surface area contributed by atoms with Crippen LogP contribution in [-0.2, 0) is 46.8 Å². The van der Waals surface area contributed by atoms with E-state index in [4.69, 9.17) is 4.18 Å². The lowest BCUT2D eigenvalue weighted by atomic mass is 10.0. The minimum atomic E-state index is -4.33. The molecule has 0 bridgehead atoms. The van der Waals surface area contributed by atoms with Crippen molar-refractivity contribution in [3.8, 4) is 0 Å². The zero-order valence-corrected chi connectivity index (χ0v) is 29.5. The third-order valence-electron chi connectivity index (χ3n) is 9.79. The third kappa shape index (κ3) is 10.8. The van der Waals surface area contributed by atoms with Crippen LogP contribution in [-0.4, -0.2) is 83.8 Å². The van der Waals surface area contributed by atoms with E-state index in [0.29, 0.717) is 64.6 Å². The molecule has 1 saturated heterocycles. The maximum atomic E-state index is 13.3. The number of likely N-dealkylation sites (tertiary alicyclic amines) is 1. The summed E-state index contributed by atoms with van der Waals surface area (Å²) in [5.41, 5.74) is 2.31. The number of allylic oxidation sites excluding steroid dienone is 1. The first-order valence-corrected chi connectivity index (χ1v) is 19.1. The number of rotatable bonds is 18. The van der Waals surface area contributed by atoms with Crippen molar-refractivity contribution in [3.63, 3.8) is 0 Å². The van der Waals surface area contributed by atoms with Crippen LogP contribution in [0.2, 0.25) is 0 Å². The average molecular weight is 716 g/mol. The van der Waals surface area contributed by atoms with Crippen LogP contribution in [0.25, 0.3) is 6.08 Å². The zero-order valence-electron chi connectivity index (χ0n) is 28.7. The van der Waals surface area contributed by atoms with Gasteiger partial charge in [0.15, 0.2) is 0 Å². The van der Waals surface area contributed by atoms with E-state index in [-0.39, 0.29) is 30.7 Å². The minimum absolute atomic E-state index is 0.0358. The Hall–Kier alpha value is -3.98. The quantitative estimate of drug-likeness (QED) is 0.165. The second-order valence-electron chi connectivity index (χ2n) is 14.2. The second-order valence-corrected chi connectivity index (χ2v) is 15.4. The highest BCUT2D eigenvalue weighted by molar-refractivity contribution is 7.85. The molecule has 2 aliphatic heterocycles. The van der Waals surface area contributed by atoms with Crippen molar-refractivity contribution in [1.82, 2.24) is 25.2 Å². The van der Waals surface area contributed by atoms with Crippen molar-refractivity contribution in [2.24, 2.45) is 5.92 Å². The Kier molecular flexibility index (Phi) is 12.2. The van der Waals surface area contributed by atoms with Crippen LogP contribution < -0.4 is 15.4 Å². The molecule has 0 radical (unpaired) electrons. The van der Waals surface area contributed by atoms with Crippen LogP contribution in [0.5, 0.6) is 0 Å². The van der Waals surface area contributed by atoms with Gasteiger partial charge < -0.3 is 20.6 Å². The van der Waals surface area contributed by atoms with E-state index in [1.54, 1.807) is 6.92 Å². The van der Waals surface area contributed by atoms with Crippen molar-refractivity contribution < 1.29 is 41.7 Å². The normalized spacial score (nSPS) is 20.0. The van der Waals surface area contributed by atoms with Crippen LogP contribution in [0, 0.1) is 5.92 Å². The van der Waals surface area contributed by atoms with E-state index < -0.39 is 45.9 Å². The predicted octanol–water partition coefficient (Wildman–Crippen LogP) is 3.36. The fourth-order valence-corrected chi connectivity index (χ4v) is 7.61. The van der Waals surface area contributed by atoms with Gasteiger partial charge in [0.2, 0.25) is 17.7 Å². The van der Waals surface area contributed by atoms with Gasteiger partial charge in [-0.25, -0.2) is 13.7 Å². The van der Waals surface area contributed by atoms with Gasteiger partial charge in [-0.15, -0.1) is 0 Å². The SMILES string of the molecule is CC1(OS(=O)(=O)NC(=O)C(CC2CC2)NC(=O)C2CCCN2C(=O)CCNC(=O)CCCCCC=Cc2cccc3c2CN(C(=O)O)C3)CC1. The second kappa shape index (κ2) is 16.4. The molecular formula is C35H49N5O9S. The molecule has 274 valence electrons. The summed E-state index contributed by atoms with van der Waals surface area (Å²) in [6, 6.07) is 4.05. The molecule has 2 unspecified atom stereocenters. The Bertz CT molecular complexity index is 1590. The smallest absolute Gasteiger partial charge is 0.407 e. The number of amides is 5. The molecule has 1 aromatic carbocycles. The largest absolute Gasteiger partial charge is 0.465 e. The summed E-state index contributed by atoms with van der Waals surface area (Å²) in [5.74, 6) is -1.55. The van der Waals surface area contributed by atoms with Crippen LogP contribution in [0.15, 0.2) is 24.3 Å². The molecule has 4 N–H and O–H groups in total. The Balaban J connectivity index is 0.978. The van der Waals surface area contributed by atoms with Crippen molar-refractivity contribution >= 4 is 46.1 Å². The third-order valence-corrected chi connectivity index (χ3v) is 10.9. The number of carboxylic acid groups (broad SMARTS) is 1. The van der Waals surface area contributed by atoms with E-state index in [9.17, 15) is 37.5 Å². The maximum absolute atomic E-state index is 13.3. The van der Waals surface area contributed by atoms with E-state index in [2.05, 4.69) is 16.7 Å². The number of hydrogen-bond donors (Lipinski definition) is 4. The summed E-state index contributed by atoms with van der Waals surface area (Å²) >= 11 is 0. The van der Waals surface area contributed by atoms with Crippen LogP contribution >= 0.6 is 0 Å². The summed E-state index contributed by atoms with van der Waals surface area (Å²) in [7, 11) is -4.33. The topological polar surface area (TPSA) is 192 Å². The van der Waals surface area contributed by atoms with Gasteiger partial charge in [0.05, 0.1) is 12.1 Å². The number of benzene rings is 1. The lowest BCUT2D eigenvalue weighted by Crippen LogP contribution is -2.54. The molecule has 15 heteroatoms. The fourth-order valence-electron chi connectivity index (χ4n) is 6.48. The van der Waals surface area contributed by atoms with Gasteiger partial charge in [-0.3, -0.25) is 24.1 Å². The van der Waals surface area contributed by atoms with Crippen LogP contribution in [0.1, 0.15) is 107 Å². The van der Waals surface area contributed by atoms with Crippen molar-refractivity contribution in [2.45, 2.75) is 121 Å². The van der Waals surface area contributed by atoms with Gasteiger partial charge in [0, 0.05) is 32.5 Å². The number of fused-ring (bicyclic) bond motifs is 1. The molecule has 4 aliphatic rings. The van der Waals surface area contributed by atoms with Gasteiger partial charge in [-0.2, -0.15) is 8.42 Å². The predicted molar refractivity (Wildman–Crippen MR) is 183 cm³/mol. The molecule has 14 nitrogen and oxygen atoms in total. The Morgan fingerprint density at radius 1 is 1.06 bits per heavy atom. The van der Waals surface area contributed by atoms with Crippen LogP contribution in [0.3, 0.4) is 0 Å². The van der Waals surface area contributed by atoms with E-state index in [1.165, 1.54) is 9.80 Å². The van der Waals surface area contributed by atoms with Gasteiger partial charge in [0.25, 0.3) is 5.91 Å². The van der Waals surface area contributed by atoms with Crippen LogP contribution in [0.4, 0.5) is 4.79 Å². The molecule has 5 amide bonds. The standard InChI is InChI=1S/C35H49N5O9S/c1-35(17-18-35)49-50(47,48)38-32(43)28(21-24-14-15-24)37-33(44)29-12-8-20-40(29)31(42)16-19-36-30(41)13-6-4-2-3-5-9-25-10-7-11-26-22-39(34(45)46)23-27(25)26/h5,7,9-11,24,28-29H,2-4,6,8,12-23H2,1H3,(H,36,41)(H,37,44)(H,38,43)(H,45,46). The minimum Gasteiger partial charge on any atom is -0.465 e. The molecule has 2 aliphatic carbocycles. The molecule has 2 saturated carbocycles. The highest BCUT2D eigenvalue weighted by Gasteiger charge is 2.44. The van der Waals surface area contributed by atoms with Gasteiger partial charge in [0.1, 0.15) is 12.1 Å². The fraction of sp³-hybridized carbons (Fsp3) is 0.629. The Labute approximate surface area is 293 Å². The summed E-state index contributed by atoms with van der Waals surface area (Å²) in [6.45, 7) is 2.99. The number of nitrogens with one attached hydrogen (secondary N) is 3. The first-order chi connectivity index (χ1) is 23.8. The van der Waals surface area contributed by atoms with Gasteiger partial charge in [-0.05, 0) is 80.9 Å². The number of nitrogens with zero attached hydrogens (tertiary/aromatic N) is 2. The summed E-state index contributed by atoms with van der Waals surface area (Å²) < 4.78 is 31.8. The molecule has 0 aromatic heterocycles. The number of carbonyl (C=O) groups is 5. The van der Waals surface area contributed by atoms with Crippen molar-refractivity contribution in [3.05, 3.63) is 41.0 Å². The number of carbonyl (C=O) groups excluding carboxylic acids is 4. The molecule has 50 heavy (non-hydrogen) atoms. The van der Waals surface area contributed by atoms with Crippen molar-refractivity contribution in [2.75, 3.05) is 13.1 Å². The summed E-state index contributed by atoms with van der Waals surface area (Å²) in [4.78, 5) is 65.8. The first-order valence-electron chi connectivity index (χ1n) is 17.7. The van der Waals surface area contributed by atoms with E-state index in [0.717, 1.165) is 48.8 Å². The average Bonchev–Trinajstić information content (AvgIpc) is 3.88. The molecule has 2 atom stereocenters. The monoisotopic (exact) mass is 715 g/mol. The number of hydrogen-bond acceptors (Lipinski definition) is 8. The molecule has 1 aromatic rings. The summed E-state index contributed by atoms with van der Waals surface area (Å²) in [6.07, 6.45) is 11.2. The highest BCUT2D eigenvalue weighted by Crippen LogP contribution is 2.40. The molecule has 2 heterocycles. The molecule has 0 spiro atoms. The Morgan fingerprint density at radius 2 is 1.84 bits per heavy atom. The van der Waals surface area contributed by atoms with Gasteiger partial charge in [-0.1, -0.05) is 49.6 Å². The van der Waals surface area contributed by atoms with E-state index >= 15 is 0 Å². The lowest BCUT2D eigenvalue weighted by Gasteiger charge is -2.26. The zero-order chi connectivity index (χ0) is 35.9. The number of unbranched alkanes of at least 4 members (excludes halogenated alkanes) is 3.